The normalized spacial score (nSPS) is 14.8. The molecule has 0 spiro atoms. The maximum absolute atomic E-state index is 10.7. The number of carboxylic acids is 1. The zero-order chi connectivity index (χ0) is 11.5. The minimum Gasteiger partial charge on any atom is -0.476 e. The van der Waals surface area contributed by atoms with Crippen LogP contribution in [0, 0.1) is 0 Å². The van der Waals surface area contributed by atoms with E-state index in [2.05, 4.69) is 9.97 Å². The van der Waals surface area contributed by atoms with Crippen molar-refractivity contribution in [1.29, 1.82) is 0 Å². The summed E-state index contributed by atoms with van der Waals surface area (Å²) in [5, 5.41) is 17.8. The molecule has 0 bridgehead atoms. The minimum atomic E-state index is -1.09. The third-order valence-electron chi connectivity index (χ3n) is 2.46. The van der Waals surface area contributed by atoms with Gasteiger partial charge in [0.25, 0.3) is 0 Å². The van der Waals surface area contributed by atoms with Gasteiger partial charge in [-0.05, 0) is 12.8 Å². The van der Waals surface area contributed by atoms with Crippen molar-refractivity contribution < 1.29 is 15.0 Å². The summed E-state index contributed by atoms with van der Waals surface area (Å²) in [6.45, 7) is 0.484. The Bertz CT molecular complexity index is 393. The molecule has 16 heavy (non-hydrogen) atoms. The highest BCUT2D eigenvalue weighted by molar-refractivity contribution is 5.85. The molecular formula is C10H13N3O3. The second-order valence-electron chi connectivity index (χ2n) is 3.72. The van der Waals surface area contributed by atoms with Crippen LogP contribution in [0.25, 0.3) is 0 Å². The summed E-state index contributed by atoms with van der Waals surface area (Å²) < 4.78 is 0. The number of hydrogen-bond donors (Lipinski definition) is 2. The zero-order valence-corrected chi connectivity index (χ0v) is 8.70. The first kappa shape index (κ1) is 10.8. The Morgan fingerprint density at radius 2 is 2.25 bits per heavy atom. The third-order valence-corrected chi connectivity index (χ3v) is 2.46. The highest BCUT2D eigenvalue weighted by atomic mass is 16.4. The molecule has 1 heterocycles. The van der Waals surface area contributed by atoms with Crippen LogP contribution < -0.4 is 4.90 Å². The van der Waals surface area contributed by atoms with Crippen LogP contribution in [-0.2, 0) is 0 Å². The van der Waals surface area contributed by atoms with Gasteiger partial charge in [0.1, 0.15) is 5.82 Å². The lowest BCUT2D eigenvalue weighted by atomic mass is 10.4. The Morgan fingerprint density at radius 1 is 1.50 bits per heavy atom. The Kier molecular flexibility index (Phi) is 3.00. The quantitative estimate of drug-likeness (QED) is 0.738. The number of nitrogens with zero attached hydrogens (tertiary/aromatic N) is 3. The van der Waals surface area contributed by atoms with Gasteiger partial charge in [0, 0.05) is 12.6 Å². The van der Waals surface area contributed by atoms with Gasteiger partial charge in [0.05, 0.1) is 19.0 Å². The summed E-state index contributed by atoms with van der Waals surface area (Å²) in [6, 6.07) is 0.366. The molecule has 1 aromatic rings. The summed E-state index contributed by atoms with van der Waals surface area (Å²) in [5.74, 6) is -0.564. The van der Waals surface area contributed by atoms with Crippen LogP contribution in [0.2, 0.25) is 0 Å². The van der Waals surface area contributed by atoms with Crippen molar-refractivity contribution in [2.75, 3.05) is 18.1 Å². The van der Waals surface area contributed by atoms with Gasteiger partial charge in [-0.2, -0.15) is 0 Å². The summed E-state index contributed by atoms with van der Waals surface area (Å²) in [6.07, 6.45) is 4.86. The van der Waals surface area contributed by atoms with Gasteiger partial charge >= 0.3 is 5.97 Å². The van der Waals surface area contributed by atoms with Gasteiger partial charge in [-0.1, -0.05) is 0 Å². The lowest BCUT2D eigenvalue weighted by Gasteiger charge is -2.21. The van der Waals surface area contributed by atoms with Gasteiger partial charge in [0.2, 0.25) is 0 Å². The van der Waals surface area contributed by atoms with Crippen LogP contribution in [0.1, 0.15) is 23.3 Å². The predicted octanol–water partition coefficient (Wildman–Crippen LogP) is 0.136. The van der Waals surface area contributed by atoms with Crippen LogP contribution in [0.3, 0.4) is 0 Å². The number of aromatic carboxylic acids is 1. The van der Waals surface area contributed by atoms with Gasteiger partial charge in [-0.15, -0.1) is 0 Å². The number of aromatic nitrogens is 2. The van der Waals surface area contributed by atoms with Crippen molar-refractivity contribution in [1.82, 2.24) is 9.97 Å². The molecule has 1 saturated carbocycles. The monoisotopic (exact) mass is 223 g/mol. The molecule has 1 aliphatic carbocycles. The summed E-state index contributed by atoms with van der Waals surface area (Å²) >= 11 is 0. The standard InChI is InChI=1S/C10H13N3O3/c14-4-3-13(7-1-2-7)9-6-11-5-8(12-9)10(15)16/h5-7,14H,1-4H2,(H,15,16). The van der Waals surface area contributed by atoms with E-state index in [1.165, 1.54) is 12.4 Å². The van der Waals surface area contributed by atoms with Crippen LogP contribution in [0.5, 0.6) is 0 Å². The van der Waals surface area contributed by atoms with Gasteiger partial charge in [-0.3, -0.25) is 4.98 Å². The molecular weight excluding hydrogens is 210 g/mol. The van der Waals surface area contributed by atoms with E-state index in [9.17, 15) is 4.79 Å². The lowest BCUT2D eigenvalue weighted by molar-refractivity contribution is 0.0690. The molecule has 86 valence electrons. The van der Waals surface area contributed by atoms with E-state index < -0.39 is 5.97 Å². The molecule has 0 atom stereocenters. The smallest absolute Gasteiger partial charge is 0.356 e. The van der Waals surface area contributed by atoms with E-state index in [0.717, 1.165) is 12.8 Å². The average molecular weight is 223 g/mol. The van der Waals surface area contributed by atoms with E-state index in [-0.39, 0.29) is 12.3 Å². The first-order valence-electron chi connectivity index (χ1n) is 5.15. The average Bonchev–Trinajstić information content (AvgIpc) is 3.10. The molecule has 1 aliphatic rings. The van der Waals surface area contributed by atoms with Crippen LogP contribution >= 0.6 is 0 Å². The Morgan fingerprint density at radius 3 is 2.81 bits per heavy atom. The lowest BCUT2D eigenvalue weighted by Crippen LogP contribution is -2.30. The second-order valence-corrected chi connectivity index (χ2v) is 3.72. The fourth-order valence-electron chi connectivity index (χ4n) is 1.58. The van der Waals surface area contributed by atoms with Crippen molar-refractivity contribution in [2.45, 2.75) is 18.9 Å². The Balaban J connectivity index is 2.22. The maximum atomic E-state index is 10.7. The van der Waals surface area contributed by atoms with E-state index in [1.54, 1.807) is 0 Å². The van der Waals surface area contributed by atoms with Gasteiger partial charge in [0.15, 0.2) is 5.69 Å². The fourth-order valence-corrected chi connectivity index (χ4v) is 1.58. The highest BCUT2D eigenvalue weighted by Gasteiger charge is 2.30. The number of rotatable bonds is 5. The number of carbonyl (C=O) groups is 1. The van der Waals surface area contributed by atoms with Crippen LogP contribution in [0.4, 0.5) is 5.82 Å². The molecule has 6 nitrogen and oxygen atoms in total. The van der Waals surface area contributed by atoms with Crippen LogP contribution in [0.15, 0.2) is 12.4 Å². The summed E-state index contributed by atoms with van der Waals surface area (Å²) in [7, 11) is 0. The van der Waals surface area contributed by atoms with E-state index >= 15 is 0 Å². The molecule has 0 aromatic carbocycles. The van der Waals surface area contributed by atoms with E-state index in [0.29, 0.717) is 18.4 Å². The largest absolute Gasteiger partial charge is 0.476 e. The number of anilines is 1. The fraction of sp³-hybridized carbons (Fsp3) is 0.500. The molecule has 2 rings (SSSR count). The molecule has 0 saturated heterocycles. The van der Waals surface area contributed by atoms with Crippen LogP contribution in [-0.4, -0.2) is 45.3 Å². The van der Waals surface area contributed by atoms with Crippen molar-refractivity contribution in [3.8, 4) is 0 Å². The molecule has 0 unspecified atom stereocenters. The van der Waals surface area contributed by atoms with Crippen molar-refractivity contribution >= 4 is 11.8 Å². The predicted molar refractivity (Wildman–Crippen MR) is 56.4 cm³/mol. The topological polar surface area (TPSA) is 86.5 Å². The number of carboxylic acid groups (broad SMARTS) is 1. The molecule has 2 N–H and O–H groups in total. The number of aliphatic hydroxyl groups excluding tert-OH is 1. The number of aliphatic hydroxyl groups is 1. The first-order valence-corrected chi connectivity index (χ1v) is 5.15. The zero-order valence-electron chi connectivity index (χ0n) is 8.70. The third kappa shape index (κ3) is 2.27. The Labute approximate surface area is 92.6 Å². The van der Waals surface area contributed by atoms with Crippen molar-refractivity contribution in [3.05, 3.63) is 18.1 Å². The SMILES string of the molecule is O=C(O)c1cncc(N(CCO)C2CC2)n1. The van der Waals surface area contributed by atoms with E-state index in [4.69, 9.17) is 10.2 Å². The van der Waals surface area contributed by atoms with E-state index in [1.807, 2.05) is 4.90 Å². The molecule has 6 heteroatoms. The highest BCUT2D eigenvalue weighted by Crippen LogP contribution is 2.29. The summed E-state index contributed by atoms with van der Waals surface area (Å²) in [5.41, 5.74) is -0.0684. The Hall–Kier alpha value is -1.69. The minimum absolute atomic E-state index is 0.0233. The molecule has 0 aliphatic heterocycles. The van der Waals surface area contributed by atoms with Crippen molar-refractivity contribution in [3.63, 3.8) is 0 Å². The van der Waals surface area contributed by atoms with Gasteiger partial charge < -0.3 is 15.1 Å². The maximum Gasteiger partial charge on any atom is 0.356 e. The molecule has 1 aromatic heterocycles. The first-order chi connectivity index (χ1) is 7.72. The summed E-state index contributed by atoms with van der Waals surface area (Å²) in [4.78, 5) is 20.5. The number of hydrogen-bond acceptors (Lipinski definition) is 5. The molecule has 0 radical (unpaired) electrons. The van der Waals surface area contributed by atoms with Crippen molar-refractivity contribution in [2.24, 2.45) is 0 Å². The molecule has 1 fully saturated rings. The second kappa shape index (κ2) is 4.44. The van der Waals surface area contributed by atoms with Gasteiger partial charge in [-0.25, -0.2) is 9.78 Å². The molecule has 0 amide bonds.